The third-order valence-electron chi connectivity index (χ3n) is 10.4. The van der Waals surface area contributed by atoms with E-state index >= 15 is 0 Å². The smallest absolute Gasteiger partial charge is 0.161 e. The first-order valence-electron chi connectivity index (χ1n) is 23.1. The molecule has 4 aromatic carbocycles. The van der Waals surface area contributed by atoms with Crippen LogP contribution in [0.3, 0.4) is 0 Å². The number of rotatable bonds is 0. The summed E-state index contributed by atoms with van der Waals surface area (Å²) in [5.74, 6) is 3.27. The summed E-state index contributed by atoms with van der Waals surface area (Å²) in [6.45, 7) is 11.9. The van der Waals surface area contributed by atoms with Crippen LogP contribution in [0.1, 0.15) is 0 Å². The molecule has 0 radical (unpaired) electrons. The molecule has 3 heterocycles. The molecule has 4 aromatic rings. The summed E-state index contributed by atoms with van der Waals surface area (Å²) in [7, 11) is 0. The van der Waals surface area contributed by atoms with Crippen LogP contribution in [0, 0.1) is 0 Å². The lowest BCUT2D eigenvalue weighted by atomic mass is 9.93. The summed E-state index contributed by atoms with van der Waals surface area (Å²) >= 11 is 0. The van der Waals surface area contributed by atoms with Crippen molar-refractivity contribution in [2.75, 3.05) is 198 Å². The van der Waals surface area contributed by atoms with Crippen LogP contribution in [0.4, 0.5) is 0 Å². The molecule has 0 amide bonds. The predicted octanol–water partition coefficient (Wildman–Crippen LogP) is 4.66. The number of ether oxygens (including phenoxy) is 18. The van der Waals surface area contributed by atoms with E-state index in [2.05, 4.69) is 0 Å². The molecule has 0 unspecified atom stereocenters. The van der Waals surface area contributed by atoms with Gasteiger partial charge in [0, 0.05) is 0 Å². The van der Waals surface area contributed by atoms with Gasteiger partial charge in [0.2, 0.25) is 0 Å². The molecule has 0 fully saturated rings. The summed E-state index contributed by atoms with van der Waals surface area (Å²) in [6, 6.07) is 12.0. The van der Waals surface area contributed by atoms with Crippen LogP contribution in [0.5, 0.6) is 34.5 Å². The van der Waals surface area contributed by atoms with Gasteiger partial charge in [-0.15, -0.1) is 0 Å². The Morgan fingerprint density at radius 3 is 0.379 bits per heavy atom. The first kappa shape index (κ1) is 49.9. The average molecular weight is 931 g/mol. The van der Waals surface area contributed by atoms with E-state index in [1.165, 1.54) is 0 Å². The van der Waals surface area contributed by atoms with E-state index in [0.717, 1.165) is 32.3 Å². The van der Waals surface area contributed by atoms with Gasteiger partial charge >= 0.3 is 0 Å². The molecule has 7 rings (SSSR count). The van der Waals surface area contributed by atoms with Crippen molar-refractivity contribution in [2.24, 2.45) is 0 Å². The van der Waals surface area contributed by atoms with E-state index in [9.17, 15) is 0 Å². The maximum absolute atomic E-state index is 6.44. The van der Waals surface area contributed by atoms with Crippen molar-refractivity contribution in [2.45, 2.75) is 0 Å². The van der Waals surface area contributed by atoms with E-state index < -0.39 is 0 Å². The van der Waals surface area contributed by atoms with Gasteiger partial charge < -0.3 is 85.3 Å². The van der Waals surface area contributed by atoms with Crippen LogP contribution in [-0.4, -0.2) is 198 Å². The van der Waals surface area contributed by atoms with Gasteiger partial charge in [0.1, 0.15) is 39.6 Å². The van der Waals surface area contributed by atoms with Crippen LogP contribution >= 0.6 is 0 Å². The standard InChI is InChI=1S/C48H66O18/c1-2-50-8-14-56-20-26-62-44-32-38-37(31-43(44)61-25-19-55-13-7-49-1)39-33-45-47(65-29-23-59-17-11-53-4-3-51-9-15-57-21-27-63-45)35-41(39)42-36-48-46(34-40(38)42)64-28-22-58-16-10-52-5-6-54-12-18-60-24-30-66-48/h31-36H,1-30H2. The number of fused-ring (bicyclic) bond motifs is 9. The Kier molecular flexibility index (Phi) is 22.4. The molecule has 0 aliphatic carbocycles. The van der Waals surface area contributed by atoms with Gasteiger partial charge in [0.15, 0.2) is 34.5 Å². The second-order valence-electron chi connectivity index (χ2n) is 15.0. The van der Waals surface area contributed by atoms with E-state index in [-0.39, 0.29) is 39.6 Å². The topological polar surface area (TPSA) is 166 Å². The Morgan fingerprint density at radius 2 is 0.258 bits per heavy atom. The Morgan fingerprint density at radius 1 is 0.152 bits per heavy atom. The van der Waals surface area contributed by atoms with Crippen molar-refractivity contribution in [1.82, 2.24) is 0 Å². The Hall–Kier alpha value is -4.02. The number of benzene rings is 4. The summed E-state index contributed by atoms with van der Waals surface area (Å²) in [5.41, 5.74) is 0. The van der Waals surface area contributed by atoms with Crippen LogP contribution in [0.15, 0.2) is 36.4 Å². The minimum absolute atomic E-state index is 0.280. The minimum Gasteiger partial charge on any atom is -0.487 e. The van der Waals surface area contributed by atoms with Crippen LogP contribution < -0.4 is 28.4 Å². The zero-order valence-electron chi connectivity index (χ0n) is 38.0. The van der Waals surface area contributed by atoms with Crippen LogP contribution in [-0.2, 0) is 56.8 Å². The largest absolute Gasteiger partial charge is 0.487 e. The van der Waals surface area contributed by atoms with E-state index in [1.54, 1.807) is 0 Å². The molecule has 3 aliphatic heterocycles. The normalized spacial score (nSPS) is 20.7. The molecule has 0 atom stereocenters. The Labute approximate surface area is 385 Å². The fraction of sp³-hybridized carbons (Fsp3) is 0.625. The zero-order chi connectivity index (χ0) is 45.1. The van der Waals surface area contributed by atoms with Crippen LogP contribution in [0.25, 0.3) is 32.3 Å². The van der Waals surface area contributed by atoms with Crippen molar-refractivity contribution in [3.05, 3.63) is 36.4 Å². The summed E-state index contributed by atoms with van der Waals surface area (Å²) in [5, 5.41) is 5.29. The second-order valence-corrected chi connectivity index (χ2v) is 15.0. The Bertz CT molecular complexity index is 1610. The third kappa shape index (κ3) is 16.3. The van der Waals surface area contributed by atoms with Gasteiger partial charge in [0.05, 0.1) is 159 Å². The average Bonchev–Trinajstić information content (AvgIpc) is 3.33. The molecule has 66 heavy (non-hydrogen) atoms. The van der Waals surface area contributed by atoms with Crippen LogP contribution in [0.2, 0.25) is 0 Å². The second kappa shape index (κ2) is 29.7. The molecule has 3 aliphatic rings. The molecule has 0 spiro atoms. The quantitative estimate of drug-likeness (QED) is 0.223. The molecule has 366 valence electrons. The lowest BCUT2D eigenvalue weighted by Gasteiger charge is -2.21. The SMILES string of the molecule is c1c2c(cc3c1c1cc4c(cc1c1cc5c(cc31)OCCOCCOCCOCCOCCO5)OCCOCCOCCOCCOCCO4)OCCOCCOCCOCCOCCO2. The van der Waals surface area contributed by atoms with Crippen molar-refractivity contribution in [3.8, 4) is 34.5 Å². The van der Waals surface area contributed by atoms with Gasteiger partial charge in [-0.2, -0.15) is 0 Å². The summed E-state index contributed by atoms with van der Waals surface area (Å²) < 4.78 is 107. The highest BCUT2D eigenvalue weighted by molar-refractivity contribution is 6.26. The molecule has 0 aromatic heterocycles. The highest BCUT2D eigenvalue weighted by atomic mass is 16.6. The lowest BCUT2D eigenvalue weighted by Crippen LogP contribution is -2.16. The maximum Gasteiger partial charge on any atom is 0.161 e. The predicted molar refractivity (Wildman–Crippen MR) is 242 cm³/mol. The zero-order valence-corrected chi connectivity index (χ0v) is 38.0. The molecular formula is C48H66O18. The number of hydrogen-bond acceptors (Lipinski definition) is 18. The molecular weight excluding hydrogens is 865 g/mol. The highest BCUT2D eigenvalue weighted by Crippen LogP contribution is 2.47. The molecule has 18 nitrogen and oxygen atoms in total. The van der Waals surface area contributed by atoms with Gasteiger partial charge in [0.25, 0.3) is 0 Å². The lowest BCUT2D eigenvalue weighted by molar-refractivity contribution is -0.00841. The maximum atomic E-state index is 6.44. The van der Waals surface area contributed by atoms with E-state index in [4.69, 9.17) is 85.3 Å². The van der Waals surface area contributed by atoms with Gasteiger partial charge in [-0.3, -0.25) is 0 Å². The van der Waals surface area contributed by atoms with E-state index in [1.807, 2.05) is 36.4 Å². The highest BCUT2D eigenvalue weighted by Gasteiger charge is 2.21. The summed E-state index contributed by atoms with van der Waals surface area (Å²) in [6.07, 6.45) is 0. The minimum atomic E-state index is 0.280. The van der Waals surface area contributed by atoms with Gasteiger partial charge in [-0.05, 0) is 68.7 Å². The molecule has 0 bridgehead atoms. The first-order valence-corrected chi connectivity index (χ1v) is 23.1. The molecule has 0 N–H and O–H groups in total. The van der Waals surface area contributed by atoms with Crippen molar-refractivity contribution in [1.29, 1.82) is 0 Å². The molecule has 18 heteroatoms. The van der Waals surface area contributed by atoms with Crippen molar-refractivity contribution < 1.29 is 85.3 Å². The fourth-order valence-corrected chi connectivity index (χ4v) is 7.24. The third-order valence-corrected chi connectivity index (χ3v) is 10.4. The first-order chi connectivity index (χ1) is 32.8. The fourth-order valence-electron chi connectivity index (χ4n) is 7.24. The molecule has 0 saturated heterocycles. The Balaban J connectivity index is 1.30. The van der Waals surface area contributed by atoms with E-state index in [0.29, 0.717) is 193 Å². The monoisotopic (exact) mass is 930 g/mol. The number of hydrogen-bond donors (Lipinski definition) is 0. The van der Waals surface area contributed by atoms with Gasteiger partial charge in [-0.25, -0.2) is 0 Å². The molecule has 0 saturated carbocycles. The van der Waals surface area contributed by atoms with Crippen molar-refractivity contribution >= 4 is 32.3 Å². The van der Waals surface area contributed by atoms with Crippen molar-refractivity contribution in [3.63, 3.8) is 0 Å². The van der Waals surface area contributed by atoms with Gasteiger partial charge in [-0.1, -0.05) is 0 Å². The summed E-state index contributed by atoms with van der Waals surface area (Å²) in [4.78, 5) is 0.